The van der Waals surface area contributed by atoms with Gasteiger partial charge in [-0.3, -0.25) is 0 Å². The zero-order valence-electron chi connectivity index (χ0n) is 11.0. The molecule has 1 heterocycles. The van der Waals surface area contributed by atoms with Crippen LogP contribution in [0.1, 0.15) is 10.6 Å². The molecule has 0 aliphatic carbocycles. The number of aryl methyl sites for hydroxylation is 2. The second-order valence-electron chi connectivity index (χ2n) is 4.12. The molecule has 0 saturated carbocycles. The zero-order valence-corrected chi connectivity index (χ0v) is 11.8. The summed E-state index contributed by atoms with van der Waals surface area (Å²) in [6.45, 7) is 4.10. The van der Waals surface area contributed by atoms with Gasteiger partial charge in [-0.2, -0.15) is 0 Å². The summed E-state index contributed by atoms with van der Waals surface area (Å²) < 4.78 is 5.23. The van der Waals surface area contributed by atoms with Gasteiger partial charge in [0.25, 0.3) is 0 Å². The first kappa shape index (κ1) is 12.7. The van der Waals surface area contributed by atoms with Crippen molar-refractivity contribution in [3.63, 3.8) is 0 Å². The second-order valence-corrected chi connectivity index (χ2v) is 5.30. The van der Waals surface area contributed by atoms with Gasteiger partial charge in [-0.05, 0) is 26.0 Å². The smallest absolute Gasteiger partial charge is 0.190 e. The lowest BCUT2D eigenvalue weighted by atomic mass is 10.2. The quantitative estimate of drug-likeness (QED) is 0.864. The number of thiazole rings is 1. The van der Waals surface area contributed by atoms with E-state index in [-0.39, 0.29) is 0 Å². The highest BCUT2D eigenvalue weighted by Gasteiger charge is 2.11. The summed E-state index contributed by atoms with van der Waals surface area (Å²) in [7, 11) is 3.61. The number of nitrogen functional groups attached to an aromatic ring is 1. The van der Waals surface area contributed by atoms with Crippen LogP contribution >= 0.6 is 11.3 Å². The van der Waals surface area contributed by atoms with E-state index >= 15 is 0 Å². The van der Waals surface area contributed by atoms with Gasteiger partial charge in [-0.1, -0.05) is 0 Å². The fourth-order valence-electron chi connectivity index (χ4n) is 1.62. The van der Waals surface area contributed by atoms with E-state index in [1.165, 1.54) is 4.88 Å². The average Bonchev–Trinajstić information content (AvgIpc) is 2.69. The lowest BCUT2D eigenvalue weighted by Gasteiger charge is -2.17. The van der Waals surface area contributed by atoms with Crippen LogP contribution in [0.25, 0.3) is 0 Å². The Bertz CT molecular complexity index is 546. The van der Waals surface area contributed by atoms with Gasteiger partial charge in [0.1, 0.15) is 5.75 Å². The van der Waals surface area contributed by atoms with Crippen molar-refractivity contribution in [3.8, 4) is 5.75 Å². The molecule has 2 aromatic rings. The van der Waals surface area contributed by atoms with Crippen molar-refractivity contribution in [1.29, 1.82) is 0 Å². The number of anilines is 3. The molecule has 0 aliphatic heterocycles. The Balaban J connectivity index is 2.36. The molecule has 0 radical (unpaired) electrons. The Morgan fingerprint density at radius 1 is 1.33 bits per heavy atom. The molecule has 0 spiro atoms. The first-order valence-corrected chi connectivity index (χ1v) is 6.46. The molecule has 5 heteroatoms. The molecular weight excluding hydrogens is 246 g/mol. The Labute approximate surface area is 111 Å². The van der Waals surface area contributed by atoms with Crippen molar-refractivity contribution < 1.29 is 4.74 Å². The number of benzene rings is 1. The van der Waals surface area contributed by atoms with E-state index < -0.39 is 0 Å². The molecule has 0 aliphatic rings. The Morgan fingerprint density at radius 3 is 2.61 bits per heavy atom. The SMILES string of the molecule is COc1cc(N(C)c2nc(C)c(C)s2)ccc1N. The largest absolute Gasteiger partial charge is 0.495 e. The van der Waals surface area contributed by atoms with Crippen molar-refractivity contribution in [2.45, 2.75) is 13.8 Å². The maximum atomic E-state index is 5.81. The fourth-order valence-corrected chi connectivity index (χ4v) is 2.51. The number of nitrogens with two attached hydrogens (primary N) is 1. The summed E-state index contributed by atoms with van der Waals surface area (Å²) in [6, 6.07) is 5.73. The summed E-state index contributed by atoms with van der Waals surface area (Å²) in [6.07, 6.45) is 0. The van der Waals surface area contributed by atoms with Gasteiger partial charge < -0.3 is 15.4 Å². The van der Waals surface area contributed by atoms with Crippen LogP contribution in [0, 0.1) is 13.8 Å². The lowest BCUT2D eigenvalue weighted by molar-refractivity contribution is 0.417. The molecule has 4 nitrogen and oxygen atoms in total. The molecule has 0 unspecified atom stereocenters. The Hall–Kier alpha value is -1.75. The van der Waals surface area contributed by atoms with Gasteiger partial charge in [0.05, 0.1) is 18.5 Å². The van der Waals surface area contributed by atoms with Gasteiger partial charge in [0.15, 0.2) is 5.13 Å². The minimum Gasteiger partial charge on any atom is -0.495 e. The highest BCUT2D eigenvalue weighted by molar-refractivity contribution is 7.15. The summed E-state index contributed by atoms with van der Waals surface area (Å²) in [5.74, 6) is 0.685. The van der Waals surface area contributed by atoms with Crippen LogP contribution in [0.4, 0.5) is 16.5 Å². The molecule has 2 rings (SSSR count). The Kier molecular flexibility index (Phi) is 3.43. The Morgan fingerprint density at radius 2 is 2.06 bits per heavy atom. The van der Waals surface area contributed by atoms with Gasteiger partial charge in [0, 0.05) is 23.7 Å². The standard InChI is InChI=1S/C13H17N3OS/c1-8-9(2)18-13(15-8)16(3)10-5-6-11(14)12(7-10)17-4/h5-7H,14H2,1-4H3. The third-order valence-corrected chi connectivity index (χ3v) is 4.06. The van der Waals surface area contributed by atoms with Crippen LogP contribution in [0.2, 0.25) is 0 Å². The molecule has 0 bridgehead atoms. The molecule has 1 aromatic heterocycles. The molecule has 96 valence electrons. The van der Waals surface area contributed by atoms with Crippen LogP contribution in [0.5, 0.6) is 5.75 Å². The van der Waals surface area contributed by atoms with E-state index in [2.05, 4.69) is 11.9 Å². The number of hydrogen-bond donors (Lipinski definition) is 1. The van der Waals surface area contributed by atoms with Crippen molar-refractivity contribution in [3.05, 3.63) is 28.8 Å². The maximum Gasteiger partial charge on any atom is 0.190 e. The maximum absolute atomic E-state index is 5.81. The first-order valence-electron chi connectivity index (χ1n) is 5.64. The van der Waals surface area contributed by atoms with E-state index in [4.69, 9.17) is 10.5 Å². The van der Waals surface area contributed by atoms with E-state index in [0.29, 0.717) is 11.4 Å². The normalized spacial score (nSPS) is 10.4. The number of methoxy groups -OCH3 is 1. The summed E-state index contributed by atoms with van der Waals surface area (Å²) >= 11 is 1.68. The number of aromatic nitrogens is 1. The molecule has 0 atom stereocenters. The van der Waals surface area contributed by atoms with Gasteiger partial charge >= 0.3 is 0 Å². The van der Waals surface area contributed by atoms with E-state index in [1.54, 1.807) is 18.4 Å². The summed E-state index contributed by atoms with van der Waals surface area (Å²) in [4.78, 5) is 7.81. The number of nitrogens with zero attached hydrogens (tertiary/aromatic N) is 2. The van der Waals surface area contributed by atoms with Crippen molar-refractivity contribution in [1.82, 2.24) is 4.98 Å². The van der Waals surface area contributed by atoms with E-state index in [0.717, 1.165) is 16.5 Å². The predicted molar refractivity (Wildman–Crippen MR) is 77.1 cm³/mol. The first-order chi connectivity index (χ1) is 8.52. The van der Waals surface area contributed by atoms with E-state index in [9.17, 15) is 0 Å². The molecule has 0 fully saturated rings. The molecule has 0 saturated heterocycles. The number of ether oxygens (including phenoxy) is 1. The topological polar surface area (TPSA) is 51.4 Å². The molecule has 2 N–H and O–H groups in total. The average molecular weight is 263 g/mol. The van der Waals surface area contributed by atoms with Gasteiger partial charge in [-0.15, -0.1) is 11.3 Å². The zero-order chi connectivity index (χ0) is 13.3. The molecule has 0 amide bonds. The van der Waals surface area contributed by atoms with E-state index in [1.807, 2.05) is 37.1 Å². The minimum absolute atomic E-state index is 0.640. The van der Waals surface area contributed by atoms with Crippen molar-refractivity contribution >= 4 is 27.8 Å². The van der Waals surface area contributed by atoms with Crippen LogP contribution < -0.4 is 15.4 Å². The summed E-state index contributed by atoms with van der Waals surface area (Å²) in [5.41, 5.74) is 8.53. The van der Waals surface area contributed by atoms with Crippen LogP contribution in [0.3, 0.4) is 0 Å². The van der Waals surface area contributed by atoms with Crippen LogP contribution in [0.15, 0.2) is 18.2 Å². The van der Waals surface area contributed by atoms with Crippen molar-refractivity contribution in [2.24, 2.45) is 0 Å². The highest BCUT2D eigenvalue weighted by atomic mass is 32.1. The third kappa shape index (κ3) is 2.26. The lowest BCUT2D eigenvalue weighted by Crippen LogP contribution is -2.09. The second kappa shape index (κ2) is 4.86. The summed E-state index contributed by atoms with van der Waals surface area (Å²) in [5, 5.41) is 0.969. The fraction of sp³-hybridized carbons (Fsp3) is 0.308. The molecule has 18 heavy (non-hydrogen) atoms. The molecular formula is C13H17N3OS. The highest BCUT2D eigenvalue weighted by Crippen LogP contribution is 2.33. The predicted octanol–water partition coefficient (Wildman–Crippen LogP) is 3.12. The number of hydrogen-bond acceptors (Lipinski definition) is 5. The van der Waals surface area contributed by atoms with Crippen LogP contribution in [-0.2, 0) is 0 Å². The van der Waals surface area contributed by atoms with Crippen LogP contribution in [-0.4, -0.2) is 19.1 Å². The minimum atomic E-state index is 0.640. The van der Waals surface area contributed by atoms with Gasteiger partial charge in [-0.25, -0.2) is 4.98 Å². The van der Waals surface area contributed by atoms with Gasteiger partial charge in [0.2, 0.25) is 0 Å². The molecule has 1 aromatic carbocycles. The monoisotopic (exact) mass is 263 g/mol. The van der Waals surface area contributed by atoms with Crippen molar-refractivity contribution in [2.75, 3.05) is 24.8 Å². The number of rotatable bonds is 3. The third-order valence-electron chi connectivity index (χ3n) is 2.91.